The van der Waals surface area contributed by atoms with Gasteiger partial charge >= 0.3 is 0 Å². The molecule has 2 aromatic carbocycles. The number of rotatable bonds is 7. The number of H-pyrrole nitrogens is 1. The molecule has 2 aromatic heterocycles. The number of anilines is 1. The van der Waals surface area contributed by atoms with Crippen molar-refractivity contribution in [2.24, 2.45) is 5.92 Å². The lowest BCUT2D eigenvalue weighted by atomic mass is 10.0. The summed E-state index contributed by atoms with van der Waals surface area (Å²) in [4.78, 5) is 23.3. The zero-order chi connectivity index (χ0) is 26.2. The molecule has 0 spiro atoms. The number of aliphatic hydroxyl groups excluding tert-OH is 1. The first-order valence-corrected chi connectivity index (χ1v) is 14.4. The first-order valence-electron chi connectivity index (χ1n) is 12.5. The zero-order valence-electron chi connectivity index (χ0n) is 21.4. The van der Waals surface area contributed by atoms with Crippen LogP contribution < -0.4 is 21.7 Å². The standard InChI is InChI=1S/C28H33N5O3Si/c1-28(2,3)37(22-10-6-4-7-11-22,23-12-8-5-9-13-23)36-17-20-15-21(14-19(20)16-34)33-18-30-24-25(33)31-27(29)32-26(24)35/h4-14,18,20-21,34H,15-17H2,1-3H3,(H3,29,31,32,35)/t20-,21+/m0/s1. The third-order valence-corrected chi connectivity index (χ3v) is 12.4. The maximum absolute atomic E-state index is 12.3. The minimum Gasteiger partial charge on any atom is -0.407 e. The van der Waals surface area contributed by atoms with Crippen molar-refractivity contribution in [3.8, 4) is 0 Å². The van der Waals surface area contributed by atoms with Gasteiger partial charge in [0.1, 0.15) is 0 Å². The van der Waals surface area contributed by atoms with E-state index in [4.69, 9.17) is 10.2 Å². The molecule has 0 unspecified atom stereocenters. The second kappa shape index (κ2) is 9.73. The Hall–Kier alpha value is -3.53. The van der Waals surface area contributed by atoms with E-state index in [1.807, 2.05) is 22.8 Å². The van der Waals surface area contributed by atoms with Crippen LogP contribution in [-0.2, 0) is 4.43 Å². The van der Waals surface area contributed by atoms with Crippen LogP contribution in [0.25, 0.3) is 11.2 Å². The van der Waals surface area contributed by atoms with Crippen LogP contribution in [0.1, 0.15) is 33.2 Å². The Morgan fingerprint density at radius 3 is 2.30 bits per heavy atom. The van der Waals surface area contributed by atoms with E-state index in [1.165, 1.54) is 10.4 Å². The molecule has 0 radical (unpaired) electrons. The van der Waals surface area contributed by atoms with Crippen molar-refractivity contribution in [2.75, 3.05) is 18.9 Å². The molecule has 192 valence electrons. The second-order valence-corrected chi connectivity index (χ2v) is 15.0. The molecular formula is C28H33N5O3Si. The topological polar surface area (TPSA) is 119 Å². The van der Waals surface area contributed by atoms with E-state index in [1.54, 1.807) is 6.33 Å². The van der Waals surface area contributed by atoms with Gasteiger partial charge in [-0.3, -0.25) is 9.78 Å². The predicted molar refractivity (Wildman–Crippen MR) is 148 cm³/mol. The lowest BCUT2D eigenvalue weighted by Crippen LogP contribution is -2.66. The highest BCUT2D eigenvalue weighted by atomic mass is 28.4. The molecule has 0 saturated heterocycles. The van der Waals surface area contributed by atoms with E-state index >= 15 is 0 Å². The van der Waals surface area contributed by atoms with Crippen LogP contribution in [0.5, 0.6) is 0 Å². The molecule has 0 bridgehead atoms. The number of aromatic nitrogens is 4. The molecule has 4 aromatic rings. The molecular weight excluding hydrogens is 482 g/mol. The molecule has 2 heterocycles. The molecule has 0 fully saturated rings. The molecule has 0 aliphatic heterocycles. The normalized spacial score (nSPS) is 18.3. The molecule has 1 aliphatic rings. The zero-order valence-corrected chi connectivity index (χ0v) is 22.4. The van der Waals surface area contributed by atoms with E-state index in [0.29, 0.717) is 18.7 Å². The van der Waals surface area contributed by atoms with Crippen LogP contribution in [0.3, 0.4) is 0 Å². The van der Waals surface area contributed by atoms with Crippen molar-refractivity contribution in [1.29, 1.82) is 0 Å². The Labute approximate surface area is 217 Å². The van der Waals surface area contributed by atoms with E-state index < -0.39 is 8.32 Å². The highest BCUT2D eigenvalue weighted by Gasteiger charge is 2.50. The van der Waals surface area contributed by atoms with Gasteiger partial charge in [0.25, 0.3) is 13.9 Å². The van der Waals surface area contributed by atoms with Crippen LogP contribution >= 0.6 is 0 Å². The monoisotopic (exact) mass is 515 g/mol. The first-order chi connectivity index (χ1) is 17.7. The molecule has 5 rings (SSSR count). The molecule has 2 atom stereocenters. The quantitative estimate of drug-likeness (QED) is 0.257. The van der Waals surface area contributed by atoms with Gasteiger partial charge in [-0.2, -0.15) is 4.98 Å². The number of benzene rings is 2. The minimum atomic E-state index is -2.71. The summed E-state index contributed by atoms with van der Waals surface area (Å²) in [6.45, 7) is 7.17. The number of aliphatic hydroxyl groups is 1. The predicted octanol–water partition coefficient (Wildman–Crippen LogP) is 2.76. The van der Waals surface area contributed by atoms with Gasteiger partial charge in [0.2, 0.25) is 5.95 Å². The fourth-order valence-electron chi connectivity index (χ4n) is 5.62. The summed E-state index contributed by atoms with van der Waals surface area (Å²) in [7, 11) is -2.71. The Bertz CT molecular complexity index is 1440. The van der Waals surface area contributed by atoms with Gasteiger partial charge in [0, 0.05) is 12.5 Å². The van der Waals surface area contributed by atoms with E-state index in [2.05, 4.69) is 84.3 Å². The Balaban J connectivity index is 1.49. The fourth-order valence-corrected chi connectivity index (χ4v) is 10.2. The van der Waals surface area contributed by atoms with Crippen molar-refractivity contribution in [1.82, 2.24) is 19.5 Å². The number of nitrogen functional groups attached to an aromatic ring is 1. The molecule has 0 amide bonds. The van der Waals surface area contributed by atoms with Crippen molar-refractivity contribution >= 4 is 35.8 Å². The number of aromatic amines is 1. The van der Waals surface area contributed by atoms with E-state index in [9.17, 15) is 9.90 Å². The largest absolute Gasteiger partial charge is 0.407 e. The van der Waals surface area contributed by atoms with Crippen molar-refractivity contribution in [2.45, 2.75) is 38.3 Å². The summed E-state index contributed by atoms with van der Waals surface area (Å²) in [6, 6.07) is 21.0. The second-order valence-electron chi connectivity index (χ2n) is 10.6. The van der Waals surface area contributed by atoms with E-state index in [-0.39, 0.29) is 40.6 Å². The molecule has 37 heavy (non-hydrogen) atoms. The fraction of sp³-hybridized carbons (Fsp3) is 0.321. The van der Waals surface area contributed by atoms with Gasteiger partial charge < -0.3 is 19.8 Å². The van der Waals surface area contributed by atoms with Gasteiger partial charge in [-0.25, -0.2) is 4.98 Å². The number of fused-ring (bicyclic) bond motifs is 1. The van der Waals surface area contributed by atoms with Gasteiger partial charge in [-0.1, -0.05) is 87.5 Å². The Kier molecular flexibility index (Phi) is 6.61. The smallest absolute Gasteiger partial charge is 0.280 e. The summed E-state index contributed by atoms with van der Waals surface area (Å²) in [5.74, 6) is 0.0589. The molecule has 1 aliphatic carbocycles. The summed E-state index contributed by atoms with van der Waals surface area (Å²) in [6.07, 6.45) is 4.36. The maximum atomic E-state index is 12.3. The SMILES string of the molecule is CC(C)(C)[Si](OC[C@@H]1C[C@H](n2cnc3c(=O)[nH]c(N)nc32)C=C1CO)(c1ccccc1)c1ccccc1. The maximum Gasteiger partial charge on any atom is 0.280 e. The molecule has 9 heteroatoms. The number of nitrogens with zero attached hydrogens (tertiary/aromatic N) is 3. The molecule has 8 nitrogen and oxygen atoms in total. The van der Waals surface area contributed by atoms with Gasteiger partial charge in [-0.15, -0.1) is 0 Å². The van der Waals surface area contributed by atoms with Crippen molar-refractivity contribution < 1.29 is 9.53 Å². The third-order valence-electron chi connectivity index (χ3n) is 7.37. The Morgan fingerprint density at radius 2 is 1.73 bits per heavy atom. The third kappa shape index (κ3) is 4.43. The Morgan fingerprint density at radius 1 is 1.11 bits per heavy atom. The number of nitrogens with one attached hydrogen (secondary N) is 1. The molecule has 0 saturated carbocycles. The number of allylic oxidation sites excluding steroid dienone is 1. The summed E-state index contributed by atoms with van der Waals surface area (Å²) >= 11 is 0. The number of nitrogens with two attached hydrogens (primary N) is 1. The highest BCUT2D eigenvalue weighted by Crippen LogP contribution is 2.40. The average Bonchev–Trinajstić information content (AvgIpc) is 3.49. The number of imidazole rings is 1. The van der Waals surface area contributed by atoms with Crippen LogP contribution in [0.2, 0.25) is 5.04 Å². The van der Waals surface area contributed by atoms with Crippen LogP contribution in [0, 0.1) is 5.92 Å². The molecule has 4 N–H and O–H groups in total. The lowest BCUT2D eigenvalue weighted by molar-refractivity contribution is 0.230. The first kappa shape index (κ1) is 25.1. The highest BCUT2D eigenvalue weighted by molar-refractivity contribution is 6.99. The number of hydrogen-bond acceptors (Lipinski definition) is 6. The van der Waals surface area contributed by atoms with Crippen molar-refractivity contribution in [3.05, 3.63) is 89.0 Å². The summed E-state index contributed by atoms with van der Waals surface area (Å²) in [5.41, 5.74) is 7.04. The van der Waals surface area contributed by atoms with Gasteiger partial charge in [0.15, 0.2) is 11.2 Å². The van der Waals surface area contributed by atoms with Crippen molar-refractivity contribution in [3.63, 3.8) is 0 Å². The van der Waals surface area contributed by atoms with Crippen LogP contribution in [0.4, 0.5) is 5.95 Å². The number of hydrogen-bond donors (Lipinski definition) is 3. The summed E-state index contributed by atoms with van der Waals surface area (Å²) < 4.78 is 9.01. The lowest BCUT2D eigenvalue weighted by Gasteiger charge is -2.43. The summed E-state index contributed by atoms with van der Waals surface area (Å²) in [5, 5.41) is 12.5. The van der Waals surface area contributed by atoms with Crippen LogP contribution in [-0.4, -0.2) is 46.2 Å². The van der Waals surface area contributed by atoms with Gasteiger partial charge in [0.05, 0.1) is 19.0 Å². The van der Waals surface area contributed by atoms with Crippen LogP contribution in [0.15, 0.2) is 83.4 Å². The minimum absolute atomic E-state index is 0.00782. The average molecular weight is 516 g/mol. The van der Waals surface area contributed by atoms with E-state index in [0.717, 1.165) is 5.57 Å². The van der Waals surface area contributed by atoms with Gasteiger partial charge in [-0.05, 0) is 27.4 Å².